The van der Waals surface area contributed by atoms with E-state index in [1.165, 1.54) is 0 Å². The number of methoxy groups -OCH3 is 1. The third-order valence-corrected chi connectivity index (χ3v) is 4.99. The van der Waals surface area contributed by atoms with Crippen molar-refractivity contribution in [1.82, 2.24) is 5.32 Å². The van der Waals surface area contributed by atoms with E-state index < -0.39 is 5.92 Å². The molecule has 0 unspecified atom stereocenters. The number of amides is 1. The molecule has 2 aromatic rings. The second kappa shape index (κ2) is 8.21. The summed E-state index contributed by atoms with van der Waals surface area (Å²) in [4.78, 5) is 24.2. The van der Waals surface area contributed by atoms with Gasteiger partial charge in [-0.2, -0.15) is 0 Å². The molecule has 0 radical (unpaired) electrons. The summed E-state index contributed by atoms with van der Waals surface area (Å²) in [5.74, 6) is -0.241. The van der Waals surface area contributed by atoms with Crippen molar-refractivity contribution in [2.75, 3.05) is 13.7 Å². The van der Waals surface area contributed by atoms with Gasteiger partial charge >= 0.3 is 5.97 Å². The Morgan fingerprint density at radius 3 is 2.54 bits per heavy atom. The summed E-state index contributed by atoms with van der Waals surface area (Å²) in [5.41, 5.74) is 0.865. The predicted molar refractivity (Wildman–Crippen MR) is 100 cm³/mol. The van der Waals surface area contributed by atoms with Crippen molar-refractivity contribution in [2.45, 2.75) is 44.6 Å². The first kappa shape index (κ1) is 18.2. The van der Waals surface area contributed by atoms with Gasteiger partial charge in [0.2, 0.25) is 0 Å². The maximum absolute atomic E-state index is 12.3. The molecular formula is C21H25NO4. The lowest BCUT2D eigenvalue weighted by Gasteiger charge is -2.15. The van der Waals surface area contributed by atoms with Crippen molar-refractivity contribution in [1.29, 1.82) is 0 Å². The van der Waals surface area contributed by atoms with Crippen LogP contribution in [0.5, 0.6) is 5.75 Å². The Bertz CT molecular complexity index is 796. The standard InChI is InChI=1S/C21H25NO4/c1-14(21(24)26-13-20(23)22-18-5-3-4-6-18)15-7-8-17-12-19(25-2)10-9-16(17)11-15/h7-12,14,18H,3-6,13H2,1-2H3,(H,22,23)/t14-/m0/s1. The van der Waals surface area contributed by atoms with E-state index in [1.807, 2.05) is 36.4 Å². The van der Waals surface area contributed by atoms with Crippen LogP contribution in [0.1, 0.15) is 44.1 Å². The van der Waals surface area contributed by atoms with Crippen LogP contribution in [0.4, 0.5) is 0 Å². The van der Waals surface area contributed by atoms with E-state index in [9.17, 15) is 9.59 Å². The molecule has 1 amide bonds. The molecule has 3 rings (SSSR count). The lowest BCUT2D eigenvalue weighted by molar-refractivity contribution is -0.149. The summed E-state index contributed by atoms with van der Waals surface area (Å²) in [7, 11) is 1.64. The molecule has 2 aromatic carbocycles. The molecule has 0 aromatic heterocycles. The molecule has 1 aliphatic carbocycles. The number of ether oxygens (including phenoxy) is 2. The second-order valence-electron chi connectivity index (χ2n) is 6.85. The molecule has 1 atom stereocenters. The average Bonchev–Trinajstić information content (AvgIpc) is 3.17. The molecule has 5 heteroatoms. The number of nitrogens with one attached hydrogen (secondary N) is 1. The molecule has 138 valence electrons. The van der Waals surface area contributed by atoms with Crippen LogP contribution >= 0.6 is 0 Å². The van der Waals surface area contributed by atoms with Crippen LogP contribution in [-0.4, -0.2) is 31.6 Å². The number of hydrogen-bond acceptors (Lipinski definition) is 4. The van der Waals surface area contributed by atoms with Crippen molar-refractivity contribution in [3.8, 4) is 5.75 Å². The zero-order valence-corrected chi connectivity index (χ0v) is 15.3. The number of benzene rings is 2. The molecule has 0 saturated heterocycles. The van der Waals surface area contributed by atoms with Crippen molar-refractivity contribution in [2.24, 2.45) is 0 Å². The van der Waals surface area contributed by atoms with E-state index in [1.54, 1.807) is 14.0 Å². The van der Waals surface area contributed by atoms with Crippen LogP contribution in [0.2, 0.25) is 0 Å². The Kier molecular flexibility index (Phi) is 5.76. The van der Waals surface area contributed by atoms with Gasteiger partial charge in [-0.15, -0.1) is 0 Å². The number of carbonyl (C=O) groups excluding carboxylic acids is 2. The minimum absolute atomic E-state index is 0.218. The van der Waals surface area contributed by atoms with Crippen LogP contribution in [-0.2, 0) is 14.3 Å². The van der Waals surface area contributed by atoms with Crippen LogP contribution in [0, 0.1) is 0 Å². The monoisotopic (exact) mass is 355 g/mol. The quantitative estimate of drug-likeness (QED) is 0.805. The van der Waals surface area contributed by atoms with E-state index in [2.05, 4.69) is 5.32 Å². The number of hydrogen-bond donors (Lipinski definition) is 1. The fourth-order valence-corrected chi connectivity index (χ4v) is 3.38. The normalized spacial score (nSPS) is 15.6. The highest BCUT2D eigenvalue weighted by Gasteiger charge is 2.21. The molecule has 1 saturated carbocycles. The van der Waals surface area contributed by atoms with Crippen molar-refractivity contribution >= 4 is 22.6 Å². The van der Waals surface area contributed by atoms with Gasteiger partial charge in [0.1, 0.15) is 5.75 Å². The van der Waals surface area contributed by atoms with Gasteiger partial charge in [0, 0.05) is 6.04 Å². The Balaban J connectivity index is 1.58. The lowest BCUT2D eigenvalue weighted by Crippen LogP contribution is -2.36. The van der Waals surface area contributed by atoms with E-state index in [4.69, 9.17) is 9.47 Å². The Morgan fingerprint density at radius 1 is 1.12 bits per heavy atom. The molecule has 0 spiro atoms. The van der Waals surface area contributed by atoms with Gasteiger partial charge in [-0.1, -0.05) is 37.1 Å². The van der Waals surface area contributed by atoms with E-state index >= 15 is 0 Å². The van der Waals surface area contributed by atoms with Crippen LogP contribution < -0.4 is 10.1 Å². The molecule has 1 aliphatic rings. The van der Waals surface area contributed by atoms with E-state index in [-0.39, 0.29) is 24.5 Å². The van der Waals surface area contributed by atoms with Gasteiger partial charge in [0.25, 0.3) is 5.91 Å². The van der Waals surface area contributed by atoms with Crippen molar-refractivity contribution < 1.29 is 19.1 Å². The summed E-state index contributed by atoms with van der Waals surface area (Å²) in [6.45, 7) is 1.58. The minimum Gasteiger partial charge on any atom is -0.497 e. The maximum atomic E-state index is 12.3. The van der Waals surface area contributed by atoms with Crippen LogP contribution in [0.3, 0.4) is 0 Å². The number of fused-ring (bicyclic) bond motifs is 1. The number of carbonyl (C=O) groups is 2. The predicted octanol–water partition coefficient (Wildman–Crippen LogP) is 3.55. The highest BCUT2D eigenvalue weighted by atomic mass is 16.5. The van der Waals surface area contributed by atoms with Crippen LogP contribution in [0.15, 0.2) is 36.4 Å². The molecule has 1 fully saturated rings. The van der Waals surface area contributed by atoms with Crippen molar-refractivity contribution in [3.63, 3.8) is 0 Å². The molecule has 0 heterocycles. The van der Waals surface area contributed by atoms with Gasteiger partial charge < -0.3 is 14.8 Å². The number of rotatable bonds is 6. The largest absolute Gasteiger partial charge is 0.497 e. The van der Waals surface area contributed by atoms with E-state index in [0.29, 0.717) is 0 Å². The Labute approximate surface area is 153 Å². The highest BCUT2D eigenvalue weighted by molar-refractivity contribution is 5.87. The summed E-state index contributed by atoms with van der Waals surface area (Å²) < 4.78 is 10.4. The fraction of sp³-hybridized carbons (Fsp3) is 0.429. The van der Waals surface area contributed by atoms with Crippen molar-refractivity contribution in [3.05, 3.63) is 42.0 Å². The molecule has 0 bridgehead atoms. The van der Waals surface area contributed by atoms with Crippen LogP contribution in [0.25, 0.3) is 10.8 Å². The summed E-state index contributed by atoms with van der Waals surface area (Å²) in [5, 5.41) is 5.00. The van der Waals surface area contributed by atoms with Gasteiger partial charge in [-0.3, -0.25) is 9.59 Å². The highest BCUT2D eigenvalue weighted by Crippen LogP contribution is 2.25. The zero-order chi connectivity index (χ0) is 18.5. The minimum atomic E-state index is -0.430. The summed E-state index contributed by atoms with van der Waals surface area (Å²) >= 11 is 0. The van der Waals surface area contributed by atoms with E-state index in [0.717, 1.165) is 47.8 Å². The molecule has 0 aliphatic heterocycles. The molecule has 5 nitrogen and oxygen atoms in total. The Hall–Kier alpha value is -2.56. The fourth-order valence-electron chi connectivity index (χ4n) is 3.38. The SMILES string of the molecule is COc1ccc2cc([C@H](C)C(=O)OCC(=O)NC3CCCC3)ccc2c1. The van der Waals surface area contributed by atoms with Gasteiger partial charge in [-0.25, -0.2) is 0 Å². The molecule has 26 heavy (non-hydrogen) atoms. The molecular weight excluding hydrogens is 330 g/mol. The van der Waals surface area contributed by atoms with Gasteiger partial charge in [0.05, 0.1) is 13.0 Å². The topological polar surface area (TPSA) is 64.6 Å². The summed E-state index contributed by atoms with van der Waals surface area (Å²) in [6.07, 6.45) is 4.32. The van der Waals surface area contributed by atoms with Gasteiger partial charge in [0.15, 0.2) is 6.61 Å². The summed E-state index contributed by atoms with van der Waals surface area (Å²) in [6, 6.07) is 11.9. The zero-order valence-electron chi connectivity index (χ0n) is 15.3. The second-order valence-corrected chi connectivity index (χ2v) is 6.85. The third kappa shape index (κ3) is 4.34. The first-order chi connectivity index (χ1) is 12.6. The number of esters is 1. The Morgan fingerprint density at radius 2 is 1.81 bits per heavy atom. The lowest BCUT2D eigenvalue weighted by atomic mass is 9.98. The smallest absolute Gasteiger partial charge is 0.313 e. The third-order valence-electron chi connectivity index (χ3n) is 4.99. The maximum Gasteiger partial charge on any atom is 0.313 e. The first-order valence-electron chi connectivity index (χ1n) is 9.10. The first-order valence-corrected chi connectivity index (χ1v) is 9.10. The average molecular weight is 355 g/mol. The molecule has 1 N–H and O–H groups in total. The van der Waals surface area contributed by atoms with Gasteiger partial charge in [-0.05, 0) is 48.2 Å².